The third-order valence-corrected chi connectivity index (χ3v) is 4.67. The van der Waals surface area contributed by atoms with Gasteiger partial charge in [-0.05, 0) is 27.2 Å². The Morgan fingerprint density at radius 2 is 1.81 bits per heavy atom. The fourth-order valence-corrected chi connectivity index (χ4v) is 3.28. The maximum Gasteiger partial charge on any atom is 0.333 e. The number of ether oxygens (including phenoxy) is 1. The first-order valence-corrected chi connectivity index (χ1v) is 8.66. The molecular weight excluding hydrogens is 338 g/mol. The van der Waals surface area contributed by atoms with Gasteiger partial charge in [-0.25, -0.2) is 9.36 Å². The number of aromatic nitrogens is 5. The molecule has 0 aliphatic carbocycles. The van der Waals surface area contributed by atoms with E-state index in [4.69, 9.17) is 4.74 Å². The van der Waals surface area contributed by atoms with Gasteiger partial charge < -0.3 is 9.30 Å². The molecule has 140 valence electrons. The molecule has 26 heavy (non-hydrogen) atoms. The van der Waals surface area contributed by atoms with Crippen LogP contribution in [0.25, 0.3) is 16.9 Å². The lowest BCUT2D eigenvalue weighted by Gasteiger charge is -2.08. The topological polar surface area (TPSA) is 92.5 Å². The molecule has 0 fully saturated rings. The maximum atomic E-state index is 13.0. The summed E-state index contributed by atoms with van der Waals surface area (Å²) in [6, 6.07) is 0. The Hall–Kier alpha value is -2.84. The molecule has 0 atom stereocenters. The van der Waals surface area contributed by atoms with Crippen LogP contribution in [0.1, 0.15) is 31.7 Å². The summed E-state index contributed by atoms with van der Waals surface area (Å²) in [6.45, 7) is 8.15. The Bertz CT molecular complexity index is 1130. The third kappa shape index (κ3) is 2.46. The minimum Gasteiger partial charge on any atom is -0.465 e. The highest BCUT2D eigenvalue weighted by atomic mass is 16.5. The van der Waals surface area contributed by atoms with E-state index in [1.165, 1.54) is 4.57 Å². The molecule has 0 aliphatic heterocycles. The van der Waals surface area contributed by atoms with Gasteiger partial charge in [0, 0.05) is 25.0 Å². The number of nitrogens with zero attached hydrogens (tertiary/aromatic N) is 5. The monoisotopic (exact) mass is 361 g/mol. The number of carbonyl (C=O) groups is 1. The van der Waals surface area contributed by atoms with Crippen molar-refractivity contribution < 1.29 is 9.53 Å². The van der Waals surface area contributed by atoms with Gasteiger partial charge in [-0.2, -0.15) is 4.98 Å². The maximum absolute atomic E-state index is 13.0. The van der Waals surface area contributed by atoms with E-state index in [2.05, 4.69) is 11.9 Å². The van der Waals surface area contributed by atoms with E-state index in [0.29, 0.717) is 16.9 Å². The Morgan fingerprint density at radius 3 is 2.42 bits per heavy atom. The molecule has 0 bridgehead atoms. The largest absolute Gasteiger partial charge is 0.465 e. The van der Waals surface area contributed by atoms with Gasteiger partial charge in [0.15, 0.2) is 11.2 Å². The van der Waals surface area contributed by atoms with Crippen LogP contribution in [0.2, 0.25) is 0 Å². The first-order chi connectivity index (χ1) is 12.3. The second-order valence-corrected chi connectivity index (χ2v) is 6.28. The highest BCUT2D eigenvalue weighted by molar-refractivity contribution is 5.77. The minimum absolute atomic E-state index is 0.186. The fourth-order valence-electron chi connectivity index (χ4n) is 3.28. The van der Waals surface area contributed by atoms with Crippen molar-refractivity contribution in [2.45, 2.75) is 47.2 Å². The summed E-state index contributed by atoms with van der Waals surface area (Å²) in [5, 5.41) is 0. The van der Waals surface area contributed by atoms with E-state index < -0.39 is 23.8 Å². The van der Waals surface area contributed by atoms with Crippen molar-refractivity contribution in [2.24, 2.45) is 7.05 Å². The van der Waals surface area contributed by atoms with E-state index >= 15 is 0 Å². The first-order valence-electron chi connectivity index (χ1n) is 8.66. The minimum atomic E-state index is -0.622. The van der Waals surface area contributed by atoms with Crippen molar-refractivity contribution in [3.63, 3.8) is 0 Å². The van der Waals surface area contributed by atoms with Crippen LogP contribution in [0.3, 0.4) is 0 Å². The van der Waals surface area contributed by atoms with Crippen LogP contribution in [-0.2, 0) is 29.7 Å². The van der Waals surface area contributed by atoms with Gasteiger partial charge in [0.25, 0.3) is 5.56 Å². The van der Waals surface area contributed by atoms with Gasteiger partial charge in [0.05, 0.1) is 6.61 Å². The van der Waals surface area contributed by atoms with Crippen LogP contribution in [0.15, 0.2) is 9.59 Å². The van der Waals surface area contributed by atoms with Gasteiger partial charge in [-0.15, -0.1) is 0 Å². The molecule has 0 amide bonds. The quantitative estimate of drug-likeness (QED) is 0.625. The van der Waals surface area contributed by atoms with E-state index in [1.807, 2.05) is 18.4 Å². The molecule has 0 spiro atoms. The zero-order chi connectivity index (χ0) is 19.2. The van der Waals surface area contributed by atoms with E-state index in [0.717, 1.165) is 28.9 Å². The molecule has 0 aliphatic rings. The molecule has 3 aromatic rings. The third-order valence-electron chi connectivity index (χ3n) is 4.67. The molecule has 0 unspecified atom stereocenters. The molecule has 3 aromatic heterocycles. The van der Waals surface area contributed by atoms with Gasteiger partial charge in [0.2, 0.25) is 5.78 Å². The zero-order valence-electron chi connectivity index (χ0n) is 15.7. The zero-order valence-corrected chi connectivity index (χ0v) is 15.7. The highest BCUT2D eigenvalue weighted by Gasteiger charge is 2.23. The first kappa shape index (κ1) is 18.0. The van der Waals surface area contributed by atoms with Gasteiger partial charge in [-0.1, -0.05) is 6.92 Å². The molecule has 3 heterocycles. The SMILES string of the molecule is CCCn1c(C)c(C)n2c3c(=O)n(CC(=O)OCC)c(=O)n(C)c3nc12. The summed E-state index contributed by atoms with van der Waals surface area (Å²) in [7, 11) is 1.55. The van der Waals surface area contributed by atoms with E-state index in [9.17, 15) is 14.4 Å². The van der Waals surface area contributed by atoms with Crippen LogP contribution >= 0.6 is 0 Å². The number of rotatable bonds is 5. The number of esters is 1. The van der Waals surface area contributed by atoms with Crippen molar-refractivity contribution in [3.05, 3.63) is 32.2 Å². The summed E-state index contributed by atoms with van der Waals surface area (Å²) in [4.78, 5) is 42.0. The summed E-state index contributed by atoms with van der Waals surface area (Å²) in [5.41, 5.74) is 1.37. The highest BCUT2D eigenvalue weighted by Crippen LogP contribution is 2.20. The van der Waals surface area contributed by atoms with Crippen LogP contribution in [0, 0.1) is 13.8 Å². The second kappa shape index (κ2) is 6.47. The molecule has 0 aromatic carbocycles. The number of hydrogen-bond acceptors (Lipinski definition) is 5. The normalized spacial score (nSPS) is 11.6. The van der Waals surface area contributed by atoms with Crippen molar-refractivity contribution in [3.8, 4) is 0 Å². The van der Waals surface area contributed by atoms with Crippen LogP contribution in [-0.4, -0.2) is 35.7 Å². The smallest absolute Gasteiger partial charge is 0.333 e. The molecule has 9 heteroatoms. The van der Waals surface area contributed by atoms with Crippen LogP contribution in [0.4, 0.5) is 0 Å². The van der Waals surface area contributed by atoms with Crippen LogP contribution in [0.5, 0.6) is 0 Å². The Kier molecular flexibility index (Phi) is 4.47. The number of hydrogen-bond donors (Lipinski definition) is 0. The fraction of sp³-hybridized carbons (Fsp3) is 0.529. The van der Waals surface area contributed by atoms with Gasteiger partial charge >= 0.3 is 11.7 Å². The molecule has 0 radical (unpaired) electrons. The lowest BCUT2D eigenvalue weighted by Crippen LogP contribution is -2.41. The molecule has 0 N–H and O–H groups in total. The number of aryl methyl sites for hydroxylation is 3. The number of imidazole rings is 2. The Morgan fingerprint density at radius 1 is 1.12 bits per heavy atom. The summed E-state index contributed by atoms with van der Waals surface area (Å²) in [6.07, 6.45) is 0.917. The lowest BCUT2D eigenvalue weighted by atomic mass is 10.3. The average Bonchev–Trinajstić information content (AvgIpc) is 3.09. The van der Waals surface area contributed by atoms with E-state index in [-0.39, 0.29) is 6.61 Å². The molecule has 9 nitrogen and oxygen atoms in total. The predicted molar refractivity (Wildman–Crippen MR) is 96.6 cm³/mol. The van der Waals surface area contributed by atoms with Crippen molar-refractivity contribution >= 4 is 22.9 Å². The van der Waals surface area contributed by atoms with Crippen molar-refractivity contribution in [1.29, 1.82) is 0 Å². The number of carbonyl (C=O) groups excluding carboxylic acids is 1. The standard InChI is InChI=1S/C17H23N5O4/c1-6-8-20-10(3)11(4)22-13-14(18-16(20)22)19(5)17(25)21(15(13)24)9-12(23)26-7-2/h6-9H2,1-5H3. The average molecular weight is 361 g/mol. The summed E-state index contributed by atoms with van der Waals surface area (Å²) in [5.74, 6) is 0.00102. The van der Waals surface area contributed by atoms with E-state index in [1.54, 1.807) is 18.4 Å². The molecular formula is C17H23N5O4. The second-order valence-electron chi connectivity index (χ2n) is 6.28. The van der Waals surface area contributed by atoms with Crippen LogP contribution < -0.4 is 11.2 Å². The van der Waals surface area contributed by atoms with Gasteiger partial charge in [-0.3, -0.25) is 18.6 Å². The van der Waals surface area contributed by atoms with Crippen molar-refractivity contribution in [1.82, 2.24) is 23.1 Å². The summed E-state index contributed by atoms with van der Waals surface area (Å²) < 4.78 is 10.9. The van der Waals surface area contributed by atoms with Crippen molar-refractivity contribution in [2.75, 3.05) is 6.61 Å². The van der Waals surface area contributed by atoms with Gasteiger partial charge in [0.1, 0.15) is 6.54 Å². The predicted octanol–water partition coefficient (Wildman–Crippen LogP) is 0.739. The summed E-state index contributed by atoms with van der Waals surface area (Å²) >= 11 is 0. The Balaban J connectivity index is 2.39. The number of fused-ring (bicyclic) bond motifs is 3. The Labute approximate surface area is 149 Å². The molecule has 0 saturated heterocycles. The molecule has 3 rings (SSSR count). The molecule has 0 saturated carbocycles. The lowest BCUT2D eigenvalue weighted by molar-refractivity contribution is -0.143.